The van der Waals surface area contributed by atoms with E-state index in [1.165, 1.54) is 0 Å². The Kier molecular flexibility index (Phi) is 4.14. The van der Waals surface area contributed by atoms with Crippen LogP contribution in [-0.2, 0) is 9.84 Å². The molecule has 2 rings (SSSR count). The zero-order valence-corrected chi connectivity index (χ0v) is 13.3. The molecule has 0 aromatic heterocycles. The second kappa shape index (κ2) is 5.56. The van der Waals surface area contributed by atoms with Crippen LogP contribution in [0.25, 0.3) is 10.8 Å². The minimum Gasteiger partial charge on any atom is -0.504 e. The van der Waals surface area contributed by atoms with E-state index in [2.05, 4.69) is 0 Å². The van der Waals surface area contributed by atoms with Gasteiger partial charge in [0.15, 0.2) is 21.3 Å². The number of rotatable bonds is 4. The molecule has 1 N–H and O–H groups in total. The van der Waals surface area contributed by atoms with Crippen molar-refractivity contribution in [3.63, 3.8) is 0 Å². The van der Waals surface area contributed by atoms with Crippen LogP contribution in [0.1, 0.15) is 20.8 Å². The summed E-state index contributed by atoms with van der Waals surface area (Å²) in [5.74, 6) is 0.239. The van der Waals surface area contributed by atoms with Gasteiger partial charge in [0.1, 0.15) is 6.61 Å². The first-order valence-corrected chi connectivity index (χ1v) is 8.43. The van der Waals surface area contributed by atoms with Crippen LogP contribution in [-0.4, -0.2) is 30.6 Å². The number of benzene rings is 2. The van der Waals surface area contributed by atoms with Crippen molar-refractivity contribution in [1.82, 2.24) is 0 Å². The van der Waals surface area contributed by atoms with Crippen molar-refractivity contribution in [3.8, 4) is 11.5 Å². The molecule has 0 spiro atoms. The Morgan fingerprint density at radius 2 is 1.67 bits per heavy atom. The predicted octanol–water partition coefficient (Wildman–Crippen LogP) is 3.14. The van der Waals surface area contributed by atoms with Crippen LogP contribution in [0.5, 0.6) is 11.5 Å². The van der Waals surface area contributed by atoms with Crippen molar-refractivity contribution in [2.24, 2.45) is 0 Å². The summed E-state index contributed by atoms with van der Waals surface area (Å²) in [6, 6.07) is 10.9. The third-order valence-corrected chi connectivity index (χ3v) is 5.94. The highest BCUT2D eigenvalue weighted by Gasteiger charge is 2.28. The van der Waals surface area contributed by atoms with Gasteiger partial charge in [0.25, 0.3) is 0 Å². The fourth-order valence-corrected chi connectivity index (χ4v) is 2.81. The molecule has 0 amide bonds. The minimum atomic E-state index is -3.23. The predicted molar refractivity (Wildman–Crippen MR) is 84.6 cm³/mol. The Labute approximate surface area is 125 Å². The fraction of sp³-hybridized carbons (Fsp3) is 0.375. The van der Waals surface area contributed by atoms with Crippen molar-refractivity contribution in [2.45, 2.75) is 25.5 Å². The normalized spacial score (nSPS) is 12.5. The molecule has 0 radical (unpaired) electrons. The second-order valence-corrected chi connectivity index (χ2v) is 8.81. The van der Waals surface area contributed by atoms with E-state index in [9.17, 15) is 13.5 Å². The minimum absolute atomic E-state index is 0.0156. The number of phenols is 1. The molecule has 0 atom stereocenters. The summed E-state index contributed by atoms with van der Waals surface area (Å²) in [6.45, 7) is 5.01. The molecule has 4 nitrogen and oxygen atoms in total. The summed E-state index contributed by atoms with van der Waals surface area (Å²) >= 11 is 0. The quantitative estimate of drug-likeness (QED) is 0.942. The maximum Gasteiger partial charge on any atom is 0.161 e. The molecule has 0 saturated carbocycles. The van der Waals surface area contributed by atoms with Crippen LogP contribution in [0, 0.1) is 0 Å². The SMILES string of the molecule is CC(C)(C)S(=O)(=O)CCOc1cc2ccccc2cc1O. The molecule has 2 aromatic carbocycles. The maximum absolute atomic E-state index is 12.0. The Hall–Kier alpha value is -1.75. The summed E-state index contributed by atoms with van der Waals surface area (Å²) in [5, 5.41) is 11.8. The van der Waals surface area contributed by atoms with E-state index in [4.69, 9.17) is 4.74 Å². The zero-order valence-electron chi connectivity index (χ0n) is 12.5. The Morgan fingerprint density at radius 1 is 1.10 bits per heavy atom. The van der Waals surface area contributed by atoms with E-state index in [-0.39, 0.29) is 18.1 Å². The molecule has 0 unspecified atom stereocenters. The van der Waals surface area contributed by atoms with Crippen LogP contribution in [0.3, 0.4) is 0 Å². The van der Waals surface area contributed by atoms with E-state index in [0.29, 0.717) is 5.75 Å². The van der Waals surface area contributed by atoms with Gasteiger partial charge in [-0.3, -0.25) is 0 Å². The van der Waals surface area contributed by atoms with Gasteiger partial charge in [-0.1, -0.05) is 24.3 Å². The van der Waals surface area contributed by atoms with Gasteiger partial charge in [0, 0.05) is 0 Å². The van der Waals surface area contributed by atoms with Crippen LogP contribution in [0.2, 0.25) is 0 Å². The Bertz CT molecular complexity index is 742. The molecular weight excluding hydrogens is 288 g/mol. The van der Waals surface area contributed by atoms with Gasteiger partial charge in [0.2, 0.25) is 0 Å². The molecule has 5 heteroatoms. The van der Waals surface area contributed by atoms with Gasteiger partial charge in [-0.2, -0.15) is 0 Å². The lowest BCUT2D eigenvalue weighted by atomic mass is 10.1. The molecule has 0 heterocycles. The maximum atomic E-state index is 12.0. The third-order valence-electron chi connectivity index (χ3n) is 3.37. The molecule has 114 valence electrons. The third kappa shape index (κ3) is 3.47. The average molecular weight is 308 g/mol. The molecule has 0 aliphatic rings. The monoisotopic (exact) mass is 308 g/mol. The molecule has 21 heavy (non-hydrogen) atoms. The molecular formula is C16H20O4S. The van der Waals surface area contributed by atoms with Crippen LogP contribution in [0.4, 0.5) is 0 Å². The topological polar surface area (TPSA) is 63.6 Å². The van der Waals surface area contributed by atoms with Crippen LogP contribution >= 0.6 is 0 Å². The van der Waals surface area contributed by atoms with Gasteiger partial charge in [0.05, 0.1) is 10.5 Å². The number of hydrogen-bond donors (Lipinski definition) is 1. The summed E-state index contributed by atoms with van der Waals surface area (Å²) < 4.78 is 28.6. The number of ether oxygens (including phenoxy) is 1. The molecule has 2 aromatic rings. The highest BCUT2D eigenvalue weighted by atomic mass is 32.2. The lowest BCUT2D eigenvalue weighted by Crippen LogP contribution is -2.32. The summed E-state index contributed by atoms with van der Waals surface area (Å²) in [5.41, 5.74) is 0. The summed E-state index contributed by atoms with van der Waals surface area (Å²) in [4.78, 5) is 0. The highest BCUT2D eigenvalue weighted by Crippen LogP contribution is 2.31. The Balaban J connectivity index is 2.13. The standard InChI is InChI=1S/C16H20O4S/c1-16(2,3)21(18,19)9-8-20-15-11-13-7-5-4-6-12(13)10-14(15)17/h4-7,10-11,17H,8-9H2,1-3H3. The first-order chi connectivity index (χ1) is 9.71. The summed E-state index contributed by atoms with van der Waals surface area (Å²) in [7, 11) is -3.23. The largest absolute Gasteiger partial charge is 0.504 e. The van der Waals surface area contributed by atoms with Crippen LogP contribution in [0.15, 0.2) is 36.4 Å². The number of aromatic hydroxyl groups is 1. The number of hydrogen-bond acceptors (Lipinski definition) is 4. The van der Waals surface area contributed by atoms with Crippen molar-refractivity contribution < 1.29 is 18.3 Å². The van der Waals surface area contributed by atoms with Crippen molar-refractivity contribution >= 4 is 20.6 Å². The van der Waals surface area contributed by atoms with Gasteiger partial charge in [-0.25, -0.2) is 8.42 Å². The molecule has 0 fully saturated rings. The van der Waals surface area contributed by atoms with E-state index >= 15 is 0 Å². The number of sulfone groups is 1. The second-order valence-electron chi connectivity index (χ2n) is 5.95. The highest BCUT2D eigenvalue weighted by molar-refractivity contribution is 7.92. The molecule has 0 bridgehead atoms. The number of fused-ring (bicyclic) bond motifs is 1. The van der Waals surface area contributed by atoms with E-state index in [1.807, 2.05) is 24.3 Å². The fourth-order valence-electron chi connectivity index (χ4n) is 1.89. The summed E-state index contributed by atoms with van der Waals surface area (Å²) in [6.07, 6.45) is 0. The van der Waals surface area contributed by atoms with E-state index in [1.54, 1.807) is 32.9 Å². The van der Waals surface area contributed by atoms with E-state index in [0.717, 1.165) is 10.8 Å². The average Bonchev–Trinajstić information content (AvgIpc) is 2.38. The van der Waals surface area contributed by atoms with Crippen molar-refractivity contribution in [3.05, 3.63) is 36.4 Å². The zero-order chi connectivity index (χ0) is 15.7. The number of phenolic OH excluding ortho intramolecular Hbond substituents is 1. The van der Waals surface area contributed by atoms with Gasteiger partial charge in [-0.15, -0.1) is 0 Å². The van der Waals surface area contributed by atoms with E-state index < -0.39 is 14.6 Å². The first-order valence-electron chi connectivity index (χ1n) is 6.77. The van der Waals surface area contributed by atoms with Crippen molar-refractivity contribution in [2.75, 3.05) is 12.4 Å². The first kappa shape index (κ1) is 15.6. The van der Waals surface area contributed by atoms with Crippen molar-refractivity contribution in [1.29, 1.82) is 0 Å². The van der Waals surface area contributed by atoms with Gasteiger partial charge >= 0.3 is 0 Å². The molecule has 0 saturated heterocycles. The lowest BCUT2D eigenvalue weighted by Gasteiger charge is -2.19. The lowest BCUT2D eigenvalue weighted by molar-refractivity contribution is 0.318. The Morgan fingerprint density at radius 3 is 2.24 bits per heavy atom. The van der Waals surface area contributed by atoms with Crippen LogP contribution < -0.4 is 4.74 Å². The molecule has 0 aliphatic carbocycles. The smallest absolute Gasteiger partial charge is 0.161 e. The van der Waals surface area contributed by atoms with Gasteiger partial charge in [-0.05, 0) is 43.7 Å². The van der Waals surface area contributed by atoms with Gasteiger partial charge < -0.3 is 9.84 Å². The molecule has 0 aliphatic heterocycles.